The predicted molar refractivity (Wildman–Crippen MR) is 82.8 cm³/mol. The summed E-state index contributed by atoms with van der Waals surface area (Å²) in [5, 5.41) is 7.61. The Hall–Kier alpha value is -1.40. The monoisotopic (exact) mass is 307 g/mol. The zero-order valence-corrected chi connectivity index (χ0v) is 13.2. The summed E-state index contributed by atoms with van der Waals surface area (Å²) < 4.78 is 0.835. The molecule has 106 valence electrons. The lowest BCUT2D eigenvalue weighted by Gasteiger charge is -2.23. The molecule has 1 aromatic heterocycles. The Bertz CT molecular complexity index is 531. The second kappa shape index (κ2) is 7.40. The summed E-state index contributed by atoms with van der Waals surface area (Å²) >= 11 is 2.93. The summed E-state index contributed by atoms with van der Waals surface area (Å²) in [5.74, 6) is 0.136. The maximum absolute atomic E-state index is 12.5. The number of rotatable bonds is 6. The molecule has 6 heteroatoms. The molecular formula is C14H17N3OS2. The molecule has 0 saturated heterocycles. The van der Waals surface area contributed by atoms with E-state index in [4.69, 9.17) is 0 Å². The van der Waals surface area contributed by atoms with E-state index in [0.29, 0.717) is 13.1 Å². The summed E-state index contributed by atoms with van der Waals surface area (Å²) in [6.07, 6.45) is 0. The number of aromatic nitrogens is 2. The van der Waals surface area contributed by atoms with Crippen LogP contribution in [0.2, 0.25) is 0 Å². The molecule has 1 amide bonds. The third kappa shape index (κ3) is 4.05. The average Bonchev–Trinajstić information content (AvgIpc) is 2.98. The molecule has 4 nitrogen and oxygen atoms in total. The van der Waals surface area contributed by atoms with Crippen LogP contribution in [0.25, 0.3) is 0 Å². The Morgan fingerprint density at radius 3 is 2.75 bits per heavy atom. The van der Waals surface area contributed by atoms with Crippen molar-refractivity contribution in [3.63, 3.8) is 0 Å². The molecule has 0 aliphatic heterocycles. The van der Waals surface area contributed by atoms with Crippen LogP contribution in [0.3, 0.4) is 0 Å². The van der Waals surface area contributed by atoms with Gasteiger partial charge < -0.3 is 4.90 Å². The fourth-order valence-electron chi connectivity index (χ4n) is 1.82. The van der Waals surface area contributed by atoms with E-state index in [1.54, 1.807) is 5.51 Å². The van der Waals surface area contributed by atoms with Crippen molar-refractivity contribution in [2.75, 3.05) is 6.54 Å². The van der Waals surface area contributed by atoms with E-state index in [2.05, 4.69) is 10.2 Å². The molecule has 0 spiro atoms. The first kappa shape index (κ1) is 15.0. The molecule has 1 aromatic carbocycles. The van der Waals surface area contributed by atoms with E-state index in [-0.39, 0.29) is 11.2 Å². The van der Waals surface area contributed by atoms with Gasteiger partial charge in [-0.3, -0.25) is 4.79 Å². The lowest BCUT2D eigenvalue weighted by atomic mass is 10.2. The molecule has 0 radical (unpaired) electrons. The fourth-order valence-corrected chi connectivity index (χ4v) is 3.53. The zero-order valence-electron chi connectivity index (χ0n) is 11.5. The summed E-state index contributed by atoms with van der Waals surface area (Å²) in [4.78, 5) is 14.3. The highest BCUT2D eigenvalue weighted by molar-refractivity contribution is 8.02. The Labute approximate surface area is 127 Å². The topological polar surface area (TPSA) is 46.1 Å². The number of amides is 1. The number of nitrogens with zero attached hydrogens (tertiary/aromatic N) is 3. The van der Waals surface area contributed by atoms with E-state index in [1.807, 2.05) is 49.1 Å². The van der Waals surface area contributed by atoms with Gasteiger partial charge in [0.2, 0.25) is 5.91 Å². The van der Waals surface area contributed by atoms with Crippen molar-refractivity contribution in [3.05, 3.63) is 41.4 Å². The summed E-state index contributed by atoms with van der Waals surface area (Å²) in [7, 11) is 0. The molecule has 0 fully saturated rings. The molecule has 0 bridgehead atoms. The molecule has 1 heterocycles. The van der Waals surface area contributed by atoms with Crippen molar-refractivity contribution >= 4 is 29.0 Å². The first-order valence-electron chi connectivity index (χ1n) is 6.46. The number of hydrogen-bond donors (Lipinski definition) is 0. The van der Waals surface area contributed by atoms with Crippen molar-refractivity contribution in [1.82, 2.24) is 15.1 Å². The van der Waals surface area contributed by atoms with Crippen LogP contribution in [-0.2, 0) is 11.3 Å². The largest absolute Gasteiger partial charge is 0.338 e. The number of carbonyl (C=O) groups excluding carboxylic acids is 1. The third-order valence-electron chi connectivity index (χ3n) is 2.88. The molecule has 0 N–H and O–H groups in total. The van der Waals surface area contributed by atoms with E-state index in [0.717, 1.165) is 9.90 Å². The Kier molecular flexibility index (Phi) is 5.55. The lowest BCUT2D eigenvalue weighted by Crippen LogP contribution is -2.35. The van der Waals surface area contributed by atoms with Gasteiger partial charge in [0.15, 0.2) is 4.34 Å². The molecule has 2 rings (SSSR count). The predicted octanol–water partition coefficient (Wildman–Crippen LogP) is 3.07. The second-order valence-electron chi connectivity index (χ2n) is 4.30. The Balaban J connectivity index is 1.97. The minimum absolute atomic E-state index is 0.136. The maximum Gasteiger partial charge on any atom is 0.236 e. The first-order chi connectivity index (χ1) is 9.70. The van der Waals surface area contributed by atoms with Gasteiger partial charge in [-0.15, -0.1) is 10.2 Å². The molecular weight excluding hydrogens is 290 g/mol. The minimum atomic E-state index is -0.147. The van der Waals surface area contributed by atoms with Crippen LogP contribution in [0, 0.1) is 0 Å². The van der Waals surface area contributed by atoms with Crippen LogP contribution in [-0.4, -0.2) is 32.8 Å². The maximum atomic E-state index is 12.5. The standard InChI is InChI=1S/C14H17N3OS2/c1-3-17(9-12-7-5-4-6-8-12)13(18)11(2)20-14-16-15-10-19-14/h4-8,10-11H,3,9H2,1-2H3. The van der Waals surface area contributed by atoms with Gasteiger partial charge in [0.05, 0.1) is 5.25 Å². The number of hydrogen-bond acceptors (Lipinski definition) is 5. The van der Waals surface area contributed by atoms with Gasteiger partial charge in [-0.25, -0.2) is 0 Å². The second-order valence-corrected chi connectivity index (χ2v) is 6.72. The SMILES string of the molecule is CCN(Cc1ccccc1)C(=O)C(C)Sc1nncs1. The van der Waals surface area contributed by atoms with Crippen molar-refractivity contribution in [3.8, 4) is 0 Å². The van der Waals surface area contributed by atoms with Gasteiger partial charge in [0.1, 0.15) is 5.51 Å². The quantitative estimate of drug-likeness (QED) is 0.770. The highest BCUT2D eigenvalue weighted by atomic mass is 32.2. The number of carbonyl (C=O) groups is 1. The van der Waals surface area contributed by atoms with Crippen molar-refractivity contribution in [1.29, 1.82) is 0 Å². The van der Waals surface area contributed by atoms with Gasteiger partial charge in [0.25, 0.3) is 0 Å². The van der Waals surface area contributed by atoms with Crippen molar-refractivity contribution in [2.45, 2.75) is 30.0 Å². The van der Waals surface area contributed by atoms with Crippen LogP contribution in [0.4, 0.5) is 0 Å². The Morgan fingerprint density at radius 1 is 1.40 bits per heavy atom. The van der Waals surface area contributed by atoms with E-state index in [9.17, 15) is 4.79 Å². The fraction of sp³-hybridized carbons (Fsp3) is 0.357. The summed E-state index contributed by atoms with van der Waals surface area (Å²) in [6, 6.07) is 10.0. The molecule has 0 aliphatic rings. The van der Waals surface area contributed by atoms with Crippen LogP contribution >= 0.6 is 23.1 Å². The van der Waals surface area contributed by atoms with Gasteiger partial charge >= 0.3 is 0 Å². The number of benzene rings is 1. The van der Waals surface area contributed by atoms with Gasteiger partial charge in [0, 0.05) is 13.1 Å². The highest BCUT2D eigenvalue weighted by Gasteiger charge is 2.21. The van der Waals surface area contributed by atoms with Crippen molar-refractivity contribution in [2.24, 2.45) is 0 Å². The van der Waals surface area contributed by atoms with Crippen LogP contribution < -0.4 is 0 Å². The van der Waals surface area contributed by atoms with Crippen LogP contribution in [0.5, 0.6) is 0 Å². The number of thioether (sulfide) groups is 1. The van der Waals surface area contributed by atoms with Crippen LogP contribution in [0.1, 0.15) is 19.4 Å². The lowest BCUT2D eigenvalue weighted by molar-refractivity contribution is -0.130. The first-order valence-corrected chi connectivity index (χ1v) is 8.22. The van der Waals surface area contributed by atoms with Gasteiger partial charge in [-0.1, -0.05) is 53.4 Å². The molecule has 1 atom stereocenters. The normalized spacial score (nSPS) is 12.1. The Morgan fingerprint density at radius 2 is 2.15 bits per heavy atom. The van der Waals surface area contributed by atoms with Gasteiger partial charge in [-0.2, -0.15) is 0 Å². The van der Waals surface area contributed by atoms with Crippen LogP contribution in [0.15, 0.2) is 40.2 Å². The molecule has 20 heavy (non-hydrogen) atoms. The molecule has 0 aliphatic carbocycles. The summed E-state index contributed by atoms with van der Waals surface area (Å²) in [5.41, 5.74) is 2.83. The highest BCUT2D eigenvalue weighted by Crippen LogP contribution is 2.25. The molecule has 0 saturated carbocycles. The third-order valence-corrected chi connectivity index (χ3v) is 4.77. The molecule has 1 unspecified atom stereocenters. The zero-order chi connectivity index (χ0) is 14.4. The van der Waals surface area contributed by atoms with E-state index >= 15 is 0 Å². The van der Waals surface area contributed by atoms with E-state index in [1.165, 1.54) is 23.1 Å². The van der Waals surface area contributed by atoms with E-state index < -0.39 is 0 Å². The van der Waals surface area contributed by atoms with Crippen molar-refractivity contribution < 1.29 is 4.79 Å². The molecule has 2 aromatic rings. The smallest absolute Gasteiger partial charge is 0.236 e. The average molecular weight is 307 g/mol. The summed E-state index contributed by atoms with van der Waals surface area (Å²) in [6.45, 7) is 5.27. The van der Waals surface area contributed by atoms with Gasteiger partial charge in [-0.05, 0) is 19.4 Å². The minimum Gasteiger partial charge on any atom is -0.338 e.